The lowest BCUT2D eigenvalue weighted by molar-refractivity contribution is -0.151. The molecule has 26 heavy (non-hydrogen) atoms. The number of carbonyl (C=O) groups is 2. The van der Waals surface area contributed by atoms with Crippen LogP contribution in [0.3, 0.4) is 0 Å². The summed E-state index contributed by atoms with van der Waals surface area (Å²) in [5.41, 5.74) is 0.907. The zero-order chi connectivity index (χ0) is 18.5. The summed E-state index contributed by atoms with van der Waals surface area (Å²) in [7, 11) is 1.73. The lowest BCUT2D eigenvalue weighted by Crippen LogP contribution is -2.45. The minimum Gasteiger partial charge on any atom is -0.458 e. The van der Waals surface area contributed by atoms with Crippen molar-refractivity contribution in [2.75, 3.05) is 13.1 Å². The molecule has 1 aliphatic carbocycles. The summed E-state index contributed by atoms with van der Waals surface area (Å²) in [5, 5.41) is 0. The van der Waals surface area contributed by atoms with Gasteiger partial charge in [0, 0.05) is 32.1 Å². The number of esters is 1. The zero-order valence-electron chi connectivity index (χ0n) is 15.4. The number of rotatable bonds is 1. The van der Waals surface area contributed by atoms with Gasteiger partial charge in [-0.2, -0.15) is 0 Å². The van der Waals surface area contributed by atoms with Crippen molar-refractivity contribution in [2.45, 2.75) is 57.5 Å². The SMILES string of the molecule is Cc1nc2c(c(=O)n1C)CCN(C(=O)[C@H]1CC(=O)OC13CCCC3)CC2. The topological polar surface area (TPSA) is 81.5 Å². The van der Waals surface area contributed by atoms with Gasteiger partial charge in [-0.15, -0.1) is 0 Å². The van der Waals surface area contributed by atoms with Crippen molar-refractivity contribution in [1.82, 2.24) is 14.5 Å². The van der Waals surface area contributed by atoms with Crippen LogP contribution >= 0.6 is 0 Å². The van der Waals surface area contributed by atoms with Crippen LogP contribution in [0, 0.1) is 12.8 Å². The molecule has 0 N–H and O–H groups in total. The Bertz CT molecular complexity index is 823. The number of hydrogen-bond donors (Lipinski definition) is 0. The number of carbonyl (C=O) groups excluding carboxylic acids is 2. The summed E-state index contributed by atoms with van der Waals surface area (Å²) in [5.74, 6) is 0.0538. The Morgan fingerprint density at radius 2 is 1.88 bits per heavy atom. The minimum absolute atomic E-state index is 0.000831. The molecule has 1 amide bonds. The van der Waals surface area contributed by atoms with Crippen LogP contribution in [0.5, 0.6) is 0 Å². The van der Waals surface area contributed by atoms with Crippen LogP contribution in [0.4, 0.5) is 0 Å². The number of nitrogens with zero attached hydrogens (tertiary/aromatic N) is 3. The van der Waals surface area contributed by atoms with Crippen molar-refractivity contribution in [3.05, 3.63) is 27.4 Å². The molecule has 7 heteroatoms. The van der Waals surface area contributed by atoms with E-state index < -0.39 is 5.60 Å². The van der Waals surface area contributed by atoms with E-state index >= 15 is 0 Å². The first-order chi connectivity index (χ1) is 12.4. The largest absolute Gasteiger partial charge is 0.458 e. The summed E-state index contributed by atoms with van der Waals surface area (Å²) in [4.78, 5) is 44.0. The van der Waals surface area contributed by atoms with Gasteiger partial charge in [-0.1, -0.05) is 0 Å². The smallest absolute Gasteiger partial charge is 0.307 e. The monoisotopic (exact) mass is 359 g/mol. The van der Waals surface area contributed by atoms with Gasteiger partial charge in [-0.25, -0.2) is 4.98 Å². The normalized spacial score (nSPS) is 24.5. The van der Waals surface area contributed by atoms with Crippen LogP contribution in [-0.2, 0) is 34.2 Å². The first kappa shape index (κ1) is 17.2. The maximum Gasteiger partial charge on any atom is 0.307 e. The Hall–Kier alpha value is -2.18. The van der Waals surface area contributed by atoms with E-state index in [1.165, 1.54) is 0 Å². The molecular weight excluding hydrogens is 334 g/mol. The Labute approximate surface area is 152 Å². The summed E-state index contributed by atoms with van der Waals surface area (Å²) in [6.45, 7) is 2.85. The third-order valence-electron chi connectivity index (χ3n) is 6.33. The van der Waals surface area contributed by atoms with Gasteiger partial charge in [0.25, 0.3) is 5.56 Å². The molecule has 1 aromatic heterocycles. The number of hydrogen-bond acceptors (Lipinski definition) is 5. The Morgan fingerprint density at radius 1 is 1.19 bits per heavy atom. The first-order valence-electron chi connectivity index (χ1n) is 9.47. The number of ether oxygens (including phenoxy) is 1. The molecule has 0 bridgehead atoms. The molecule has 0 aromatic carbocycles. The maximum absolute atomic E-state index is 13.2. The van der Waals surface area contributed by atoms with Gasteiger partial charge in [0.2, 0.25) is 5.91 Å². The molecule has 3 heterocycles. The van der Waals surface area contributed by atoms with Gasteiger partial charge in [-0.05, 0) is 39.0 Å². The summed E-state index contributed by atoms with van der Waals surface area (Å²) < 4.78 is 7.19. The highest BCUT2D eigenvalue weighted by Crippen LogP contribution is 2.46. The van der Waals surface area contributed by atoms with Crippen molar-refractivity contribution >= 4 is 11.9 Å². The molecule has 1 saturated heterocycles. The van der Waals surface area contributed by atoms with E-state index in [9.17, 15) is 14.4 Å². The third kappa shape index (κ3) is 2.64. The Kier molecular flexibility index (Phi) is 4.12. The van der Waals surface area contributed by atoms with Gasteiger partial charge >= 0.3 is 5.97 Å². The van der Waals surface area contributed by atoms with Crippen LogP contribution in [0.2, 0.25) is 0 Å². The highest BCUT2D eigenvalue weighted by Gasteiger charge is 2.54. The Balaban J connectivity index is 1.56. The van der Waals surface area contributed by atoms with Crippen LogP contribution < -0.4 is 5.56 Å². The quantitative estimate of drug-likeness (QED) is 0.696. The standard InChI is InChI=1S/C19H25N3O4/c1-12-20-15-6-10-22(9-5-13(15)17(24)21(12)2)18(25)14-11-16(23)26-19(14)7-3-4-8-19/h14H,3-11H2,1-2H3/t14-/m1/s1. The summed E-state index contributed by atoms with van der Waals surface area (Å²) >= 11 is 0. The van der Waals surface area contributed by atoms with E-state index in [-0.39, 0.29) is 29.8 Å². The molecule has 140 valence electrons. The van der Waals surface area contributed by atoms with Gasteiger partial charge in [0.1, 0.15) is 11.4 Å². The predicted octanol–water partition coefficient (Wildman–Crippen LogP) is 0.892. The molecule has 2 aliphatic heterocycles. The molecule has 7 nitrogen and oxygen atoms in total. The Morgan fingerprint density at radius 3 is 2.62 bits per heavy atom. The van der Waals surface area contributed by atoms with Crippen LogP contribution in [-0.4, -0.2) is 45.0 Å². The van der Waals surface area contributed by atoms with E-state index in [1.807, 2.05) is 11.8 Å². The van der Waals surface area contributed by atoms with Gasteiger partial charge in [0.05, 0.1) is 18.0 Å². The molecule has 3 aliphatic rings. The van der Waals surface area contributed by atoms with Crippen molar-refractivity contribution < 1.29 is 14.3 Å². The molecule has 0 radical (unpaired) electrons. The fraction of sp³-hybridized carbons (Fsp3) is 0.684. The molecule has 1 aromatic rings. The zero-order valence-corrected chi connectivity index (χ0v) is 15.4. The molecule has 1 spiro atoms. The highest BCUT2D eigenvalue weighted by atomic mass is 16.6. The lowest BCUT2D eigenvalue weighted by Gasteiger charge is -2.32. The number of aromatic nitrogens is 2. The second-order valence-corrected chi connectivity index (χ2v) is 7.78. The molecule has 2 fully saturated rings. The molecule has 1 atom stereocenters. The van der Waals surface area contributed by atoms with Crippen molar-refractivity contribution in [1.29, 1.82) is 0 Å². The second-order valence-electron chi connectivity index (χ2n) is 7.78. The van der Waals surface area contributed by atoms with E-state index in [0.29, 0.717) is 37.3 Å². The average Bonchev–Trinajstić information content (AvgIpc) is 3.14. The molecular formula is C19H25N3O4. The third-order valence-corrected chi connectivity index (χ3v) is 6.33. The molecule has 4 rings (SSSR count). The fourth-order valence-electron chi connectivity index (χ4n) is 4.74. The van der Waals surface area contributed by atoms with Crippen molar-refractivity contribution in [3.63, 3.8) is 0 Å². The van der Waals surface area contributed by atoms with Crippen LogP contribution in [0.25, 0.3) is 0 Å². The molecule has 0 unspecified atom stereocenters. The molecule has 1 saturated carbocycles. The lowest BCUT2D eigenvalue weighted by atomic mass is 9.84. The minimum atomic E-state index is -0.585. The van der Waals surface area contributed by atoms with Crippen molar-refractivity contribution in [3.8, 4) is 0 Å². The van der Waals surface area contributed by atoms with Crippen LogP contribution in [0.15, 0.2) is 4.79 Å². The van der Waals surface area contributed by atoms with E-state index in [1.54, 1.807) is 11.6 Å². The van der Waals surface area contributed by atoms with Gasteiger partial charge < -0.3 is 9.64 Å². The summed E-state index contributed by atoms with van der Waals surface area (Å²) in [6.07, 6.45) is 4.84. The van der Waals surface area contributed by atoms with E-state index in [0.717, 1.165) is 31.4 Å². The van der Waals surface area contributed by atoms with Crippen molar-refractivity contribution in [2.24, 2.45) is 13.0 Å². The number of aryl methyl sites for hydroxylation is 1. The van der Waals surface area contributed by atoms with Gasteiger partial charge in [-0.3, -0.25) is 19.0 Å². The highest BCUT2D eigenvalue weighted by molar-refractivity contribution is 5.88. The number of amides is 1. The maximum atomic E-state index is 13.2. The fourth-order valence-corrected chi connectivity index (χ4v) is 4.74. The summed E-state index contributed by atoms with van der Waals surface area (Å²) in [6, 6.07) is 0. The number of fused-ring (bicyclic) bond motifs is 1. The van der Waals surface area contributed by atoms with Gasteiger partial charge in [0.15, 0.2) is 0 Å². The van der Waals surface area contributed by atoms with E-state index in [2.05, 4.69) is 4.98 Å². The van der Waals surface area contributed by atoms with E-state index in [4.69, 9.17) is 4.74 Å². The van der Waals surface area contributed by atoms with Crippen LogP contribution in [0.1, 0.15) is 49.2 Å². The first-order valence-corrected chi connectivity index (χ1v) is 9.47. The predicted molar refractivity (Wildman–Crippen MR) is 93.6 cm³/mol. The second kappa shape index (κ2) is 6.21. The average molecular weight is 359 g/mol.